The minimum absolute atomic E-state index is 0.452. The maximum atomic E-state index is 3.66. The number of hydrogen-bond donors (Lipinski definition) is 1. The summed E-state index contributed by atoms with van der Waals surface area (Å²) in [5.74, 6) is 0.856. The van der Waals surface area contributed by atoms with Crippen molar-refractivity contribution in [1.82, 2.24) is 5.32 Å². The Hall–Kier alpha value is -0.820. The van der Waals surface area contributed by atoms with Crippen LogP contribution in [0.15, 0.2) is 24.3 Å². The van der Waals surface area contributed by atoms with Crippen LogP contribution >= 0.6 is 0 Å². The van der Waals surface area contributed by atoms with Gasteiger partial charge in [0.05, 0.1) is 0 Å². The third-order valence-electron chi connectivity index (χ3n) is 4.32. The van der Waals surface area contributed by atoms with E-state index in [2.05, 4.69) is 43.4 Å². The number of benzene rings is 1. The molecule has 2 aliphatic carbocycles. The van der Waals surface area contributed by atoms with Crippen LogP contribution in [0, 0.1) is 12.8 Å². The summed E-state index contributed by atoms with van der Waals surface area (Å²) in [6.07, 6.45) is 4.15. The second-order valence-corrected chi connectivity index (χ2v) is 5.87. The molecule has 0 aliphatic heterocycles. The van der Waals surface area contributed by atoms with Crippen LogP contribution < -0.4 is 5.32 Å². The van der Waals surface area contributed by atoms with Gasteiger partial charge in [0.25, 0.3) is 0 Å². The van der Waals surface area contributed by atoms with Gasteiger partial charge in [-0.25, -0.2) is 0 Å². The number of hydrogen-bond acceptors (Lipinski definition) is 1. The molecule has 2 aliphatic rings. The van der Waals surface area contributed by atoms with E-state index in [1.54, 1.807) is 0 Å². The first-order valence-corrected chi connectivity index (χ1v) is 6.49. The summed E-state index contributed by atoms with van der Waals surface area (Å²) >= 11 is 0. The molecule has 1 nitrogen and oxygen atoms in total. The summed E-state index contributed by atoms with van der Waals surface area (Å²) in [7, 11) is 0. The van der Waals surface area contributed by atoms with Crippen LogP contribution in [0.1, 0.15) is 37.3 Å². The fourth-order valence-electron chi connectivity index (χ4n) is 2.70. The first-order chi connectivity index (χ1) is 7.68. The summed E-state index contributed by atoms with van der Waals surface area (Å²) in [6, 6.07) is 9.88. The number of aryl methyl sites for hydroxylation is 1. The summed E-state index contributed by atoms with van der Waals surface area (Å²) in [5.41, 5.74) is 3.38. The van der Waals surface area contributed by atoms with Gasteiger partial charge in [-0.05, 0) is 49.6 Å². The highest BCUT2D eigenvalue weighted by Crippen LogP contribution is 2.53. The molecule has 16 heavy (non-hydrogen) atoms. The van der Waals surface area contributed by atoms with Crippen molar-refractivity contribution >= 4 is 0 Å². The zero-order valence-corrected chi connectivity index (χ0v) is 10.3. The van der Waals surface area contributed by atoms with E-state index in [4.69, 9.17) is 0 Å². The Bertz CT molecular complexity index is 394. The minimum Gasteiger partial charge on any atom is -0.314 e. The molecule has 1 aromatic carbocycles. The summed E-state index contributed by atoms with van der Waals surface area (Å²) in [4.78, 5) is 0. The predicted octanol–water partition coefficient (Wildman–Crippen LogP) is 3.02. The molecule has 2 saturated carbocycles. The Morgan fingerprint density at radius 2 is 2.19 bits per heavy atom. The van der Waals surface area contributed by atoms with Crippen LogP contribution in [0.25, 0.3) is 0 Å². The topological polar surface area (TPSA) is 12.0 Å². The highest BCUT2D eigenvalue weighted by Gasteiger charge is 2.50. The van der Waals surface area contributed by atoms with E-state index in [9.17, 15) is 0 Å². The average Bonchev–Trinajstić information content (AvgIpc) is 3.13. The summed E-state index contributed by atoms with van der Waals surface area (Å²) in [5, 5.41) is 3.66. The van der Waals surface area contributed by atoms with Crippen molar-refractivity contribution in [3.8, 4) is 0 Å². The molecule has 1 heteroatoms. The van der Waals surface area contributed by atoms with Gasteiger partial charge >= 0.3 is 0 Å². The maximum Gasteiger partial charge on any atom is 0.00683 e. The van der Waals surface area contributed by atoms with Gasteiger partial charge in [0.1, 0.15) is 0 Å². The van der Waals surface area contributed by atoms with Gasteiger partial charge in [-0.1, -0.05) is 36.8 Å². The molecule has 1 N–H and O–H groups in total. The quantitative estimate of drug-likeness (QED) is 0.814. The van der Waals surface area contributed by atoms with Crippen molar-refractivity contribution in [2.24, 2.45) is 5.92 Å². The highest BCUT2D eigenvalue weighted by atomic mass is 15.0. The number of rotatable bonds is 4. The zero-order valence-electron chi connectivity index (χ0n) is 10.3. The zero-order chi connectivity index (χ0) is 11.2. The summed E-state index contributed by atoms with van der Waals surface area (Å²) in [6.45, 7) is 5.82. The van der Waals surface area contributed by atoms with E-state index in [0.717, 1.165) is 12.0 Å². The van der Waals surface area contributed by atoms with Crippen LogP contribution in [0.4, 0.5) is 0 Å². The van der Waals surface area contributed by atoms with E-state index >= 15 is 0 Å². The summed E-state index contributed by atoms with van der Waals surface area (Å²) < 4.78 is 0. The molecule has 0 heterocycles. The van der Waals surface area contributed by atoms with Crippen molar-refractivity contribution in [2.45, 2.75) is 44.6 Å². The molecule has 0 saturated heterocycles. The van der Waals surface area contributed by atoms with Crippen LogP contribution in [0.5, 0.6) is 0 Å². The molecule has 0 amide bonds. The van der Waals surface area contributed by atoms with Gasteiger partial charge in [-0.15, -0.1) is 0 Å². The second-order valence-electron chi connectivity index (χ2n) is 5.87. The molecule has 2 unspecified atom stereocenters. The molecule has 2 atom stereocenters. The molecular formula is C15H21N. The van der Waals surface area contributed by atoms with Crippen molar-refractivity contribution < 1.29 is 0 Å². The number of nitrogens with one attached hydrogen (secondary N) is 1. The van der Waals surface area contributed by atoms with Gasteiger partial charge in [0, 0.05) is 6.04 Å². The molecule has 3 rings (SSSR count). The lowest BCUT2D eigenvalue weighted by Crippen LogP contribution is -2.22. The van der Waals surface area contributed by atoms with Crippen molar-refractivity contribution in [1.29, 1.82) is 0 Å². The Kier molecular flexibility index (Phi) is 2.32. The van der Waals surface area contributed by atoms with Crippen LogP contribution in [-0.2, 0) is 5.41 Å². The lowest BCUT2D eigenvalue weighted by atomic mass is 9.94. The fourth-order valence-corrected chi connectivity index (χ4v) is 2.70. The Morgan fingerprint density at radius 3 is 2.88 bits per heavy atom. The van der Waals surface area contributed by atoms with Crippen LogP contribution in [0.3, 0.4) is 0 Å². The molecule has 2 fully saturated rings. The lowest BCUT2D eigenvalue weighted by molar-refractivity contribution is 0.575. The molecular weight excluding hydrogens is 194 g/mol. The minimum atomic E-state index is 0.452. The molecule has 86 valence electrons. The Balaban J connectivity index is 1.65. The first-order valence-electron chi connectivity index (χ1n) is 6.49. The van der Waals surface area contributed by atoms with Gasteiger partial charge in [-0.3, -0.25) is 0 Å². The Morgan fingerprint density at radius 1 is 1.38 bits per heavy atom. The molecule has 0 spiro atoms. The smallest absolute Gasteiger partial charge is 0.00683 e. The van der Waals surface area contributed by atoms with E-state index in [0.29, 0.717) is 5.41 Å². The second kappa shape index (κ2) is 3.59. The van der Waals surface area contributed by atoms with Gasteiger partial charge < -0.3 is 5.32 Å². The molecule has 1 aromatic rings. The lowest BCUT2D eigenvalue weighted by Gasteiger charge is -2.13. The largest absolute Gasteiger partial charge is 0.314 e. The third kappa shape index (κ3) is 1.89. The van der Waals surface area contributed by atoms with Gasteiger partial charge in [-0.2, -0.15) is 0 Å². The van der Waals surface area contributed by atoms with Gasteiger partial charge in [0.15, 0.2) is 0 Å². The maximum absolute atomic E-state index is 3.66. The van der Waals surface area contributed by atoms with Crippen molar-refractivity contribution in [3.63, 3.8) is 0 Å². The first kappa shape index (κ1) is 10.3. The normalized spacial score (nSPS) is 32.8. The van der Waals surface area contributed by atoms with Crippen molar-refractivity contribution in [2.75, 3.05) is 6.54 Å². The Labute approximate surface area is 98.3 Å². The van der Waals surface area contributed by atoms with E-state index in [-0.39, 0.29) is 0 Å². The fraction of sp³-hybridized carbons (Fsp3) is 0.600. The van der Waals surface area contributed by atoms with E-state index in [1.165, 1.54) is 36.9 Å². The van der Waals surface area contributed by atoms with Crippen LogP contribution in [0.2, 0.25) is 0 Å². The molecule has 0 radical (unpaired) electrons. The van der Waals surface area contributed by atoms with Crippen LogP contribution in [-0.4, -0.2) is 12.6 Å². The van der Waals surface area contributed by atoms with Gasteiger partial charge in [0.2, 0.25) is 0 Å². The average molecular weight is 215 g/mol. The monoisotopic (exact) mass is 215 g/mol. The third-order valence-corrected chi connectivity index (χ3v) is 4.32. The standard InChI is InChI=1S/C15H21N/c1-11-4-3-5-12(8-11)15(2)9-13(15)10-16-14-6-7-14/h3-5,8,13-14,16H,6-7,9-10H2,1-2H3. The van der Waals surface area contributed by atoms with Crippen molar-refractivity contribution in [3.05, 3.63) is 35.4 Å². The highest BCUT2D eigenvalue weighted by molar-refractivity contribution is 5.35. The van der Waals surface area contributed by atoms with E-state index < -0.39 is 0 Å². The molecule has 0 bridgehead atoms. The van der Waals surface area contributed by atoms with E-state index in [1.807, 2.05) is 0 Å². The molecule has 0 aromatic heterocycles. The SMILES string of the molecule is Cc1cccc(C2(C)CC2CNC2CC2)c1. The predicted molar refractivity (Wildman–Crippen MR) is 67.7 cm³/mol.